The molecule has 0 aliphatic carbocycles. The summed E-state index contributed by atoms with van der Waals surface area (Å²) in [6.45, 7) is 4.17. The number of likely N-dealkylation sites (N-methyl/N-ethyl adjacent to an activating group) is 1. The number of fused-ring (bicyclic) bond motifs is 1. The zero-order valence-corrected chi connectivity index (χ0v) is 10.8. The molecule has 0 radical (unpaired) electrons. The van der Waals surface area contributed by atoms with Crippen LogP contribution < -0.4 is 5.32 Å². The van der Waals surface area contributed by atoms with Gasteiger partial charge in [0.15, 0.2) is 0 Å². The standard InChI is InChI=1S/C15H20N2/c1-12-8-9-15(16-10-11-17(2)3)14-7-5-4-6-13(12)14/h4-9,16H,10-11H2,1-3H3. The predicted octanol–water partition coefficient (Wildman–Crippen LogP) is 3.12. The van der Waals surface area contributed by atoms with Crippen molar-refractivity contribution in [3.05, 3.63) is 42.0 Å². The van der Waals surface area contributed by atoms with E-state index in [-0.39, 0.29) is 0 Å². The summed E-state index contributed by atoms with van der Waals surface area (Å²) < 4.78 is 0. The van der Waals surface area contributed by atoms with Crippen molar-refractivity contribution in [3.63, 3.8) is 0 Å². The lowest BCUT2D eigenvalue weighted by atomic mass is 10.0. The fraction of sp³-hybridized carbons (Fsp3) is 0.333. The molecule has 1 N–H and O–H groups in total. The molecule has 0 fully saturated rings. The minimum absolute atomic E-state index is 0.972. The highest BCUT2D eigenvalue weighted by molar-refractivity contribution is 5.95. The molecule has 2 aromatic carbocycles. The highest BCUT2D eigenvalue weighted by Gasteiger charge is 2.02. The van der Waals surface area contributed by atoms with E-state index in [1.54, 1.807) is 0 Å². The van der Waals surface area contributed by atoms with Crippen molar-refractivity contribution in [2.45, 2.75) is 6.92 Å². The van der Waals surface area contributed by atoms with Gasteiger partial charge in [-0.05, 0) is 38.0 Å². The minimum atomic E-state index is 0.972. The first-order valence-electron chi connectivity index (χ1n) is 6.05. The van der Waals surface area contributed by atoms with Crippen LogP contribution in [-0.4, -0.2) is 32.1 Å². The van der Waals surface area contributed by atoms with Crippen LogP contribution in [0.2, 0.25) is 0 Å². The molecule has 2 aromatic rings. The lowest BCUT2D eigenvalue weighted by molar-refractivity contribution is 0.425. The van der Waals surface area contributed by atoms with Crippen molar-refractivity contribution in [1.29, 1.82) is 0 Å². The van der Waals surface area contributed by atoms with Crippen LogP contribution in [0.4, 0.5) is 5.69 Å². The van der Waals surface area contributed by atoms with Gasteiger partial charge in [-0.2, -0.15) is 0 Å². The first-order chi connectivity index (χ1) is 8.18. The van der Waals surface area contributed by atoms with Crippen molar-refractivity contribution in [2.24, 2.45) is 0 Å². The summed E-state index contributed by atoms with van der Waals surface area (Å²) in [5.74, 6) is 0. The molecule has 0 aliphatic heterocycles. The van der Waals surface area contributed by atoms with E-state index in [1.807, 2.05) is 0 Å². The van der Waals surface area contributed by atoms with Gasteiger partial charge in [-0.1, -0.05) is 30.3 Å². The molecule has 0 unspecified atom stereocenters. The second-order valence-electron chi connectivity index (χ2n) is 4.71. The first kappa shape index (κ1) is 11.9. The third-order valence-electron chi connectivity index (χ3n) is 3.02. The van der Waals surface area contributed by atoms with Crippen LogP contribution in [0.3, 0.4) is 0 Å². The van der Waals surface area contributed by atoms with Crippen molar-refractivity contribution in [1.82, 2.24) is 4.90 Å². The largest absolute Gasteiger partial charge is 0.383 e. The molecule has 2 rings (SSSR count). The SMILES string of the molecule is Cc1ccc(NCCN(C)C)c2ccccc12. The summed E-state index contributed by atoms with van der Waals surface area (Å²) in [5.41, 5.74) is 2.56. The molecule has 2 heteroatoms. The lowest BCUT2D eigenvalue weighted by Gasteiger charge is -2.14. The van der Waals surface area contributed by atoms with Gasteiger partial charge in [-0.15, -0.1) is 0 Å². The number of nitrogens with one attached hydrogen (secondary N) is 1. The molecule has 0 amide bonds. The van der Waals surface area contributed by atoms with Gasteiger partial charge in [0, 0.05) is 24.2 Å². The molecular weight excluding hydrogens is 208 g/mol. The summed E-state index contributed by atoms with van der Waals surface area (Å²) in [7, 11) is 4.18. The summed E-state index contributed by atoms with van der Waals surface area (Å²) in [4.78, 5) is 2.18. The Morgan fingerprint density at radius 3 is 2.41 bits per heavy atom. The number of hydrogen-bond acceptors (Lipinski definition) is 2. The Kier molecular flexibility index (Phi) is 3.64. The number of anilines is 1. The van der Waals surface area contributed by atoms with Crippen LogP contribution in [0.5, 0.6) is 0 Å². The number of nitrogens with zero attached hydrogens (tertiary/aromatic N) is 1. The third kappa shape index (κ3) is 2.77. The van der Waals surface area contributed by atoms with Gasteiger partial charge in [-0.3, -0.25) is 0 Å². The zero-order chi connectivity index (χ0) is 12.3. The maximum absolute atomic E-state index is 3.50. The number of benzene rings is 2. The van der Waals surface area contributed by atoms with Gasteiger partial charge in [0.05, 0.1) is 0 Å². The Hall–Kier alpha value is -1.54. The number of aryl methyl sites for hydroxylation is 1. The summed E-state index contributed by atoms with van der Waals surface area (Å²) >= 11 is 0. The summed E-state index contributed by atoms with van der Waals surface area (Å²) in [5, 5.41) is 6.15. The second kappa shape index (κ2) is 5.19. The Bertz CT molecular complexity index is 503. The Balaban J connectivity index is 2.26. The van der Waals surface area contributed by atoms with E-state index in [4.69, 9.17) is 0 Å². The summed E-state index contributed by atoms with van der Waals surface area (Å²) in [6, 6.07) is 12.9. The Morgan fingerprint density at radius 2 is 1.71 bits per heavy atom. The molecule has 0 saturated carbocycles. The molecular formula is C15H20N2. The Labute approximate surface area is 103 Å². The van der Waals surface area contributed by atoms with Crippen LogP contribution >= 0.6 is 0 Å². The minimum Gasteiger partial charge on any atom is -0.383 e. The highest BCUT2D eigenvalue weighted by atomic mass is 15.1. The second-order valence-corrected chi connectivity index (χ2v) is 4.71. The smallest absolute Gasteiger partial charge is 0.0420 e. The topological polar surface area (TPSA) is 15.3 Å². The van der Waals surface area contributed by atoms with Crippen molar-refractivity contribution in [3.8, 4) is 0 Å². The molecule has 0 bridgehead atoms. The molecule has 90 valence electrons. The highest BCUT2D eigenvalue weighted by Crippen LogP contribution is 2.25. The predicted molar refractivity (Wildman–Crippen MR) is 75.7 cm³/mol. The van der Waals surface area contributed by atoms with E-state index in [1.165, 1.54) is 22.0 Å². The van der Waals surface area contributed by atoms with Gasteiger partial charge in [0.25, 0.3) is 0 Å². The maximum atomic E-state index is 3.50. The number of rotatable bonds is 4. The van der Waals surface area contributed by atoms with E-state index < -0.39 is 0 Å². The van der Waals surface area contributed by atoms with Crippen LogP contribution in [0.1, 0.15) is 5.56 Å². The third-order valence-corrected chi connectivity index (χ3v) is 3.02. The fourth-order valence-electron chi connectivity index (χ4n) is 2.02. The van der Waals surface area contributed by atoms with E-state index in [0.29, 0.717) is 0 Å². The lowest BCUT2D eigenvalue weighted by Crippen LogP contribution is -2.20. The monoisotopic (exact) mass is 228 g/mol. The quantitative estimate of drug-likeness (QED) is 0.865. The van der Waals surface area contributed by atoms with Crippen molar-refractivity contribution in [2.75, 3.05) is 32.5 Å². The number of hydrogen-bond donors (Lipinski definition) is 1. The average Bonchev–Trinajstić information content (AvgIpc) is 2.32. The molecule has 0 atom stereocenters. The van der Waals surface area contributed by atoms with E-state index in [9.17, 15) is 0 Å². The fourth-order valence-corrected chi connectivity index (χ4v) is 2.02. The van der Waals surface area contributed by atoms with Gasteiger partial charge < -0.3 is 10.2 Å². The molecule has 0 aliphatic rings. The molecule has 17 heavy (non-hydrogen) atoms. The van der Waals surface area contributed by atoms with Crippen molar-refractivity contribution >= 4 is 16.5 Å². The van der Waals surface area contributed by atoms with Crippen LogP contribution in [0, 0.1) is 6.92 Å². The van der Waals surface area contributed by atoms with Crippen LogP contribution in [0.25, 0.3) is 10.8 Å². The van der Waals surface area contributed by atoms with E-state index in [0.717, 1.165) is 13.1 Å². The average molecular weight is 228 g/mol. The Morgan fingerprint density at radius 1 is 1.00 bits per heavy atom. The van der Waals surface area contributed by atoms with Crippen LogP contribution in [0.15, 0.2) is 36.4 Å². The van der Waals surface area contributed by atoms with Gasteiger partial charge in [0.2, 0.25) is 0 Å². The maximum Gasteiger partial charge on any atom is 0.0420 e. The van der Waals surface area contributed by atoms with Crippen LogP contribution in [-0.2, 0) is 0 Å². The van der Waals surface area contributed by atoms with Gasteiger partial charge in [-0.25, -0.2) is 0 Å². The molecule has 0 spiro atoms. The molecule has 0 aromatic heterocycles. The van der Waals surface area contributed by atoms with E-state index in [2.05, 4.69) is 67.6 Å². The molecule has 0 heterocycles. The van der Waals surface area contributed by atoms with Gasteiger partial charge in [0.1, 0.15) is 0 Å². The van der Waals surface area contributed by atoms with E-state index >= 15 is 0 Å². The summed E-state index contributed by atoms with van der Waals surface area (Å²) in [6.07, 6.45) is 0. The van der Waals surface area contributed by atoms with Crippen molar-refractivity contribution < 1.29 is 0 Å². The van der Waals surface area contributed by atoms with Gasteiger partial charge >= 0.3 is 0 Å². The molecule has 2 nitrogen and oxygen atoms in total. The first-order valence-corrected chi connectivity index (χ1v) is 6.05. The normalized spacial score (nSPS) is 11.1. The molecule has 0 saturated heterocycles. The zero-order valence-electron chi connectivity index (χ0n) is 10.8.